The van der Waals surface area contributed by atoms with Crippen molar-refractivity contribution in [3.8, 4) is 17.2 Å². The average molecular weight is 541 g/mol. The monoisotopic (exact) mass is 541 g/mol. The molecular weight excluding hydrogens is 524 g/mol. The third-order valence-corrected chi connectivity index (χ3v) is 5.59. The first kappa shape index (κ1) is 27.2. The molecule has 2 N–H and O–H groups in total. The van der Waals surface area contributed by atoms with E-state index in [-0.39, 0.29) is 29.3 Å². The van der Waals surface area contributed by atoms with Gasteiger partial charge in [0.2, 0.25) is 5.88 Å². The Kier molecular flexibility index (Phi) is 8.08. The Morgan fingerprint density at radius 3 is 2.39 bits per heavy atom. The zero-order chi connectivity index (χ0) is 26.7. The summed E-state index contributed by atoms with van der Waals surface area (Å²) in [6, 6.07) is 4.69. The number of carbonyl (C=O) groups is 1. The molecule has 0 aliphatic heterocycles. The van der Waals surface area contributed by atoms with Gasteiger partial charge >= 0.3 is 18.3 Å². The summed E-state index contributed by atoms with van der Waals surface area (Å²) >= 11 is 0.995. The number of aliphatic carboxylic acids is 1. The molecule has 196 valence electrons. The second-order valence-corrected chi connectivity index (χ2v) is 8.70. The lowest BCUT2D eigenvalue weighted by Crippen LogP contribution is -2.39. The third-order valence-electron chi connectivity index (χ3n) is 4.65. The molecule has 0 saturated heterocycles. The predicted octanol–water partition coefficient (Wildman–Crippen LogP) is 4.57. The molecule has 9 nitrogen and oxygen atoms in total. The van der Waals surface area contributed by atoms with Gasteiger partial charge in [-0.3, -0.25) is 4.79 Å². The van der Waals surface area contributed by atoms with Crippen LogP contribution in [0.3, 0.4) is 0 Å². The van der Waals surface area contributed by atoms with Crippen LogP contribution in [-0.2, 0) is 22.3 Å². The minimum atomic E-state index is -5.08. The summed E-state index contributed by atoms with van der Waals surface area (Å²) in [5.41, 5.74) is -0.572. The van der Waals surface area contributed by atoms with Crippen LogP contribution in [0.5, 0.6) is 5.88 Å². The molecule has 1 aliphatic carbocycles. The second-order valence-electron chi connectivity index (χ2n) is 7.41. The van der Waals surface area contributed by atoms with Crippen LogP contribution >= 0.6 is 11.3 Å². The molecule has 16 heteroatoms. The Labute approximate surface area is 201 Å². The van der Waals surface area contributed by atoms with Gasteiger partial charge in [0.1, 0.15) is 6.10 Å². The second kappa shape index (κ2) is 10.7. The first-order valence-corrected chi connectivity index (χ1v) is 10.8. The van der Waals surface area contributed by atoms with E-state index in [9.17, 15) is 31.1 Å². The van der Waals surface area contributed by atoms with Gasteiger partial charge in [0.15, 0.2) is 11.5 Å². The maximum absolute atomic E-state index is 13.0. The van der Waals surface area contributed by atoms with Gasteiger partial charge in [-0.25, -0.2) is 14.8 Å². The first-order valence-electron chi connectivity index (χ1n) is 9.99. The number of aryl methyl sites for hydroxylation is 1. The van der Waals surface area contributed by atoms with Gasteiger partial charge in [0.05, 0.1) is 28.7 Å². The van der Waals surface area contributed by atoms with Crippen molar-refractivity contribution in [2.75, 3.05) is 0 Å². The molecule has 4 rings (SSSR count). The minimum Gasteiger partial charge on any atom is -0.475 e. The number of H-pyrrole nitrogens is 1. The number of aromatic amines is 1. The van der Waals surface area contributed by atoms with Crippen molar-refractivity contribution >= 4 is 17.3 Å². The number of nitrogens with one attached hydrogen (secondary N) is 1. The lowest BCUT2D eigenvalue weighted by molar-refractivity contribution is -0.192. The number of thiazole rings is 1. The van der Waals surface area contributed by atoms with Crippen LogP contribution in [0, 0.1) is 6.92 Å². The highest BCUT2D eigenvalue weighted by atomic mass is 32.1. The van der Waals surface area contributed by atoms with E-state index >= 15 is 0 Å². The van der Waals surface area contributed by atoms with Crippen molar-refractivity contribution in [1.29, 1.82) is 0 Å². The number of hydrogen-bond donors (Lipinski definition) is 2. The fraction of sp³-hybridized carbons (Fsp3) is 0.400. The van der Waals surface area contributed by atoms with Gasteiger partial charge in [0.25, 0.3) is 5.56 Å². The molecule has 0 aromatic carbocycles. The van der Waals surface area contributed by atoms with Gasteiger partial charge in [0, 0.05) is 30.7 Å². The highest BCUT2D eigenvalue weighted by Crippen LogP contribution is 2.36. The fourth-order valence-corrected chi connectivity index (χ4v) is 3.80. The zero-order valence-corrected chi connectivity index (χ0v) is 19.0. The van der Waals surface area contributed by atoms with E-state index in [0.29, 0.717) is 35.1 Å². The van der Waals surface area contributed by atoms with Crippen LogP contribution in [0.1, 0.15) is 28.4 Å². The Bertz CT molecular complexity index is 1230. The van der Waals surface area contributed by atoms with Gasteiger partial charge in [-0.2, -0.15) is 31.5 Å². The Hall–Kier alpha value is -3.40. The van der Waals surface area contributed by atoms with Gasteiger partial charge in [-0.1, -0.05) is 0 Å². The van der Waals surface area contributed by atoms with Gasteiger partial charge in [-0.05, 0) is 13.0 Å². The lowest BCUT2D eigenvalue weighted by Gasteiger charge is -2.34. The summed E-state index contributed by atoms with van der Waals surface area (Å²) in [7, 11) is 0. The van der Waals surface area contributed by atoms with Crippen molar-refractivity contribution in [2.24, 2.45) is 0 Å². The molecule has 0 bridgehead atoms. The molecule has 1 fully saturated rings. The molecule has 0 atom stereocenters. The van der Waals surface area contributed by atoms with E-state index in [1.807, 2.05) is 0 Å². The topological polar surface area (TPSA) is 128 Å². The summed E-state index contributed by atoms with van der Waals surface area (Å²) in [5, 5.41) is 9.69. The van der Waals surface area contributed by atoms with Crippen molar-refractivity contribution in [3.63, 3.8) is 0 Å². The Morgan fingerprint density at radius 2 is 1.89 bits per heavy atom. The van der Waals surface area contributed by atoms with Gasteiger partial charge in [-0.15, -0.1) is 11.3 Å². The number of halogens is 6. The standard InChI is InChI=1S/C18H16F3N3O4S.C2HF3O2/c1-9-23-17(18(19,20)21)14(29-9)8-26-11-4-12(5-11)27-16-3-2-10(7-22-16)13-6-15(25)24-28-13;3-2(4,5)1(6)7/h2-3,6-7,11-12H,4-5,8H2,1H3,(H,24,25);(H,6,7). The molecule has 0 amide bonds. The lowest BCUT2D eigenvalue weighted by atomic mass is 9.92. The van der Waals surface area contributed by atoms with Crippen LogP contribution < -0.4 is 10.3 Å². The molecule has 1 saturated carbocycles. The molecule has 0 spiro atoms. The molecule has 3 heterocycles. The quantitative estimate of drug-likeness (QED) is 0.435. The molecule has 1 aliphatic rings. The summed E-state index contributed by atoms with van der Waals surface area (Å²) in [6.07, 6.45) is -7.19. The minimum absolute atomic E-state index is 0.0908. The molecule has 0 radical (unpaired) electrons. The van der Waals surface area contributed by atoms with Crippen molar-refractivity contribution in [3.05, 3.63) is 50.3 Å². The number of alkyl halides is 6. The number of rotatable bonds is 6. The zero-order valence-electron chi connectivity index (χ0n) is 18.1. The SMILES string of the molecule is Cc1nc(C(F)(F)F)c(COC2CC(Oc3ccc(-c4cc(=O)[nH]o4)cn3)C2)s1.O=C(O)C(F)(F)F. The molecule has 0 unspecified atom stereocenters. The molecule has 3 aromatic heterocycles. The maximum Gasteiger partial charge on any atom is 0.490 e. The van der Waals surface area contributed by atoms with Crippen molar-refractivity contribution in [1.82, 2.24) is 15.1 Å². The van der Waals surface area contributed by atoms with Crippen molar-refractivity contribution < 1.29 is 50.2 Å². The number of carboxylic acids is 1. The molecular formula is C20H17F6N3O6S. The van der Waals surface area contributed by atoms with E-state index in [1.165, 1.54) is 12.3 Å². The van der Waals surface area contributed by atoms with Gasteiger partial charge < -0.3 is 19.1 Å². The molecule has 3 aromatic rings. The summed E-state index contributed by atoms with van der Waals surface area (Å²) in [4.78, 5) is 27.8. The van der Waals surface area contributed by atoms with E-state index in [2.05, 4.69) is 15.1 Å². The summed E-state index contributed by atoms with van der Waals surface area (Å²) in [5.74, 6) is -1.97. The van der Waals surface area contributed by atoms with Crippen LogP contribution in [0.25, 0.3) is 11.3 Å². The Balaban J connectivity index is 0.000000454. The molecule has 36 heavy (non-hydrogen) atoms. The average Bonchev–Trinajstić information content (AvgIpc) is 3.35. The number of carboxylic acid groups (broad SMARTS) is 1. The number of aromatic nitrogens is 3. The normalized spacial score (nSPS) is 17.6. The fourth-order valence-electron chi connectivity index (χ4n) is 2.92. The van der Waals surface area contributed by atoms with E-state index in [1.54, 1.807) is 19.1 Å². The van der Waals surface area contributed by atoms with Crippen molar-refractivity contribution in [2.45, 2.75) is 50.9 Å². The summed E-state index contributed by atoms with van der Waals surface area (Å²) in [6.45, 7) is 1.42. The van der Waals surface area contributed by atoms with Crippen LogP contribution in [0.4, 0.5) is 26.3 Å². The van der Waals surface area contributed by atoms with E-state index in [0.717, 1.165) is 11.3 Å². The first-order chi connectivity index (χ1) is 16.7. The van der Waals surface area contributed by atoms with Crippen LogP contribution in [0.2, 0.25) is 0 Å². The number of hydrogen-bond acceptors (Lipinski definition) is 8. The number of nitrogens with zero attached hydrogens (tertiary/aromatic N) is 2. The van der Waals surface area contributed by atoms with Crippen LogP contribution in [0.15, 0.2) is 33.7 Å². The number of ether oxygens (including phenoxy) is 2. The highest BCUT2D eigenvalue weighted by molar-refractivity contribution is 7.11. The summed E-state index contributed by atoms with van der Waals surface area (Å²) < 4.78 is 86.9. The predicted molar refractivity (Wildman–Crippen MR) is 110 cm³/mol. The largest absolute Gasteiger partial charge is 0.490 e. The maximum atomic E-state index is 13.0. The smallest absolute Gasteiger partial charge is 0.475 e. The Morgan fingerprint density at radius 1 is 1.22 bits per heavy atom. The van der Waals surface area contributed by atoms with Crippen LogP contribution in [-0.4, -0.2) is 44.6 Å². The van der Waals surface area contributed by atoms with E-state index in [4.69, 9.17) is 23.9 Å². The highest BCUT2D eigenvalue weighted by Gasteiger charge is 2.39. The van der Waals surface area contributed by atoms with E-state index < -0.39 is 24.0 Å². The number of pyridine rings is 1. The third kappa shape index (κ3) is 7.30.